The van der Waals surface area contributed by atoms with E-state index in [1.807, 2.05) is 6.92 Å². The number of rotatable bonds is 3. The van der Waals surface area contributed by atoms with E-state index in [2.05, 4.69) is 20.5 Å². The molecule has 2 aromatic rings. The molecule has 2 aromatic heterocycles. The fraction of sp³-hybridized carbons (Fsp3) is 0.273. The van der Waals surface area contributed by atoms with Crippen LogP contribution in [0.4, 0.5) is 6.01 Å². The van der Waals surface area contributed by atoms with Crippen molar-refractivity contribution in [3.8, 4) is 0 Å². The third kappa shape index (κ3) is 2.84. The first-order chi connectivity index (χ1) is 8.58. The second-order valence-corrected chi connectivity index (χ2v) is 3.99. The number of aryl methyl sites for hydroxylation is 2. The van der Waals surface area contributed by atoms with Gasteiger partial charge in [-0.2, -0.15) is 0 Å². The summed E-state index contributed by atoms with van der Waals surface area (Å²) in [6, 6.07) is 3.22. The Bertz CT molecular complexity index is 582. The van der Waals surface area contributed by atoms with Crippen LogP contribution in [0.5, 0.6) is 0 Å². The van der Waals surface area contributed by atoms with Gasteiger partial charge in [0.2, 0.25) is 5.89 Å². The third-order valence-corrected chi connectivity index (χ3v) is 2.41. The molecule has 0 atom stereocenters. The number of pyridine rings is 1. The highest BCUT2D eigenvalue weighted by Gasteiger charge is 2.12. The molecule has 0 aliphatic rings. The van der Waals surface area contributed by atoms with Crippen molar-refractivity contribution in [1.29, 1.82) is 0 Å². The Balaban J connectivity index is 2.20. The molecule has 0 radical (unpaired) electrons. The average molecular weight is 267 g/mol. The summed E-state index contributed by atoms with van der Waals surface area (Å²) in [5.41, 5.74) is 1.15. The van der Waals surface area contributed by atoms with Crippen molar-refractivity contribution in [2.45, 2.75) is 20.3 Å². The van der Waals surface area contributed by atoms with Crippen LogP contribution < -0.4 is 5.32 Å². The quantitative estimate of drug-likeness (QED) is 0.862. The first-order valence-corrected chi connectivity index (χ1v) is 5.74. The highest BCUT2D eigenvalue weighted by molar-refractivity contribution is 6.29. The number of anilines is 1. The van der Waals surface area contributed by atoms with Crippen molar-refractivity contribution in [1.82, 2.24) is 15.2 Å². The molecule has 6 nitrogen and oxygen atoms in total. The van der Waals surface area contributed by atoms with E-state index in [0.29, 0.717) is 17.9 Å². The minimum absolute atomic E-state index is 0.0588. The highest BCUT2D eigenvalue weighted by Crippen LogP contribution is 2.13. The van der Waals surface area contributed by atoms with Gasteiger partial charge in [-0.3, -0.25) is 10.1 Å². The Hall–Kier alpha value is -1.95. The normalized spacial score (nSPS) is 10.4. The number of aromatic nitrogens is 3. The van der Waals surface area contributed by atoms with Crippen LogP contribution in [0, 0.1) is 6.92 Å². The maximum Gasteiger partial charge on any atom is 0.322 e. The number of carbonyl (C=O) groups excluding carboxylic acids is 1. The predicted molar refractivity (Wildman–Crippen MR) is 65.6 cm³/mol. The molecule has 1 amide bonds. The van der Waals surface area contributed by atoms with Crippen molar-refractivity contribution in [3.63, 3.8) is 0 Å². The number of halogens is 1. The summed E-state index contributed by atoms with van der Waals surface area (Å²) in [4.78, 5) is 16.0. The molecule has 2 heterocycles. The van der Waals surface area contributed by atoms with Crippen molar-refractivity contribution >= 4 is 23.5 Å². The van der Waals surface area contributed by atoms with E-state index < -0.39 is 0 Å². The van der Waals surface area contributed by atoms with Crippen molar-refractivity contribution < 1.29 is 9.21 Å². The number of carbonyl (C=O) groups is 1. The van der Waals surface area contributed by atoms with Gasteiger partial charge in [0, 0.05) is 18.2 Å². The third-order valence-electron chi connectivity index (χ3n) is 2.22. The minimum Gasteiger partial charge on any atom is -0.408 e. The lowest BCUT2D eigenvalue weighted by molar-refractivity contribution is 0.102. The molecule has 0 aliphatic heterocycles. The molecule has 0 spiro atoms. The van der Waals surface area contributed by atoms with E-state index in [1.54, 1.807) is 13.0 Å². The summed E-state index contributed by atoms with van der Waals surface area (Å²) in [5, 5.41) is 10.1. The lowest BCUT2D eigenvalue weighted by atomic mass is 10.2. The fourth-order valence-corrected chi connectivity index (χ4v) is 1.61. The lowest BCUT2D eigenvalue weighted by Crippen LogP contribution is -2.13. The summed E-state index contributed by atoms with van der Waals surface area (Å²) >= 11 is 5.84. The van der Waals surface area contributed by atoms with Crippen molar-refractivity contribution in [2.24, 2.45) is 0 Å². The van der Waals surface area contributed by atoms with E-state index in [1.165, 1.54) is 6.07 Å². The molecule has 0 saturated carbocycles. The van der Waals surface area contributed by atoms with Crippen molar-refractivity contribution in [2.75, 3.05) is 5.32 Å². The highest BCUT2D eigenvalue weighted by atomic mass is 35.5. The van der Waals surface area contributed by atoms with Crippen LogP contribution in [0.2, 0.25) is 5.15 Å². The van der Waals surface area contributed by atoms with Gasteiger partial charge in [0.05, 0.1) is 0 Å². The SMILES string of the molecule is CCc1cc(C(=O)Nc2nnc(C)o2)cc(Cl)n1. The smallest absolute Gasteiger partial charge is 0.322 e. The molecular formula is C11H11ClN4O2. The van der Waals surface area contributed by atoms with Gasteiger partial charge in [-0.1, -0.05) is 23.6 Å². The van der Waals surface area contributed by atoms with E-state index in [0.717, 1.165) is 5.69 Å². The van der Waals surface area contributed by atoms with Gasteiger partial charge < -0.3 is 4.42 Å². The maximum atomic E-state index is 11.9. The van der Waals surface area contributed by atoms with Crippen LogP contribution in [0.1, 0.15) is 28.9 Å². The second-order valence-electron chi connectivity index (χ2n) is 3.60. The number of hydrogen-bond acceptors (Lipinski definition) is 5. The Labute approximate surface area is 108 Å². The lowest BCUT2D eigenvalue weighted by Gasteiger charge is -2.03. The Kier molecular flexibility index (Phi) is 3.57. The van der Waals surface area contributed by atoms with Crippen LogP contribution in [0.25, 0.3) is 0 Å². The van der Waals surface area contributed by atoms with Gasteiger partial charge in [0.15, 0.2) is 0 Å². The van der Waals surface area contributed by atoms with Gasteiger partial charge in [-0.25, -0.2) is 4.98 Å². The first-order valence-electron chi connectivity index (χ1n) is 5.36. The number of amides is 1. The van der Waals surface area contributed by atoms with Crippen LogP contribution in [0.15, 0.2) is 16.5 Å². The topological polar surface area (TPSA) is 80.9 Å². The predicted octanol–water partition coefficient (Wildman–Crippen LogP) is 2.24. The molecule has 7 heteroatoms. The first kappa shape index (κ1) is 12.5. The molecule has 0 bridgehead atoms. The molecule has 18 heavy (non-hydrogen) atoms. The van der Waals surface area contributed by atoms with Crippen LogP contribution in [-0.4, -0.2) is 21.1 Å². The van der Waals surface area contributed by atoms with Crippen LogP contribution in [0.3, 0.4) is 0 Å². The van der Waals surface area contributed by atoms with E-state index in [9.17, 15) is 4.79 Å². The molecular weight excluding hydrogens is 256 g/mol. The Morgan fingerprint density at radius 2 is 2.22 bits per heavy atom. The number of hydrogen-bond donors (Lipinski definition) is 1. The summed E-state index contributed by atoms with van der Waals surface area (Å²) in [6.45, 7) is 3.57. The zero-order valence-corrected chi connectivity index (χ0v) is 10.7. The van der Waals surface area contributed by atoms with Gasteiger partial charge in [-0.15, -0.1) is 5.10 Å². The van der Waals surface area contributed by atoms with E-state index in [4.69, 9.17) is 16.0 Å². The molecule has 0 unspecified atom stereocenters. The Morgan fingerprint density at radius 3 is 2.83 bits per heavy atom. The molecule has 1 N–H and O–H groups in total. The van der Waals surface area contributed by atoms with Crippen molar-refractivity contribution in [3.05, 3.63) is 34.4 Å². The zero-order valence-electron chi connectivity index (χ0n) is 9.90. The molecule has 0 fully saturated rings. The maximum absolute atomic E-state index is 11.9. The zero-order chi connectivity index (χ0) is 13.1. The Morgan fingerprint density at radius 1 is 1.44 bits per heavy atom. The number of nitrogens with zero attached hydrogens (tertiary/aromatic N) is 3. The monoisotopic (exact) mass is 266 g/mol. The minimum atomic E-state index is -0.363. The fourth-order valence-electron chi connectivity index (χ4n) is 1.38. The van der Waals surface area contributed by atoms with Gasteiger partial charge in [0.1, 0.15) is 5.15 Å². The summed E-state index contributed by atoms with van der Waals surface area (Å²) in [5.74, 6) is 0.0185. The summed E-state index contributed by atoms with van der Waals surface area (Å²) in [6.07, 6.45) is 0.695. The molecule has 0 saturated heterocycles. The largest absolute Gasteiger partial charge is 0.408 e. The van der Waals surface area contributed by atoms with Gasteiger partial charge in [0.25, 0.3) is 5.91 Å². The summed E-state index contributed by atoms with van der Waals surface area (Å²) in [7, 11) is 0. The van der Waals surface area contributed by atoms with E-state index in [-0.39, 0.29) is 17.1 Å². The molecule has 0 aliphatic carbocycles. The molecule has 94 valence electrons. The standard InChI is InChI=1S/C11H11ClN4O2/c1-3-8-4-7(5-9(12)13-8)10(17)14-11-16-15-6(2)18-11/h4-5H,3H2,1-2H3,(H,14,16,17). The summed E-state index contributed by atoms with van der Waals surface area (Å²) < 4.78 is 5.06. The number of nitrogens with one attached hydrogen (secondary N) is 1. The van der Waals surface area contributed by atoms with Gasteiger partial charge >= 0.3 is 6.01 Å². The second kappa shape index (κ2) is 5.14. The molecule has 2 rings (SSSR count). The van der Waals surface area contributed by atoms with Gasteiger partial charge in [-0.05, 0) is 18.6 Å². The van der Waals surface area contributed by atoms with Crippen LogP contribution >= 0.6 is 11.6 Å². The van der Waals surface area contributed by atoms with E-state index >= 15 is 0 Å². The molecule has 0 aromatic carbocycles. The van der Waals surface area contributed by atoms with Crippen LogP contribution in [-0.2, 0) is 6.42 Å². The average Bonchev–Trinajstić information content (AvgIpc) is 2.73.